The maximum Gasteiger partial charge on any atom is 1.00 e. The summed E-state index contributed by atoms with van der Waals surface area (Å²) in [5.41, 5.74) is 0. The first-order valence-corrected chi connectivity index (χ1v) is 2.61. The summed E-state index contributed by atoms with van der Waals surface area (Å²) in [5, 5.41) is 0. The average molecular weight is 120 g/mol. The number of hydrogen-bond acceptors (Lipinski definition) is 2. The van der Waals surface area contributed by atoms with Crippen LogP contribution in [0.1, 0.15) is 5.76 Å². The zero-order chi connectivity index (χ0) is 5.11. The zero-order valence-corrected chi connectivity index (χ0v) is 5.57. The van der Waals surface area contributed by atoms with Crippen LogP contribution in [0.3, 0.4) is 0 Å². The van der Waals surface area contributed by atoms with Gasteiger partial charge in [0.15, 0.2) is 0 Å². The number of hydrogen-bond donors (Lipinski definition) is 0. The second-order valence-electron chi connectivity index (χ2n) is 1.22. The van der Waals surface area contributed by atoms with Crippen molar-refractivity contribution in [1.29, 1.82) is 0 Å². The Morgan fingerprint density at radius 3 is 2.62 bits per heavy atom. The van der Waals surface area contributed by atoms with Crippen LogP contribution in [0.4, 0.5) is 0 Å². The monoisotopic (exact) mass is 120 g/mol. The van der Waals surface area contributed by atoms with E-state index in [4.69, 9.17) is 4.42 Å². The second-order valence-corrected chi connectivity index (χ2v) is 1.51. The van der Waals surface area contributed by atoms with Gasteiger partial charge >= 0.3 is 18.9 Å². The third-order valence-electron chi connectivity index (χ3n) is 0.722. The molecule has 1 aromatic rings. The van der Waals surface area contributed by atoms with E-state index in [2.05, 4.69) is 12.6 Å². The summed E-state index contributed by atoms with van der Waals surface area (Å²) in [6, 6.07) is 3.70. The Balaban J connectivity index is 0.000000490. The molecule has 0 aromatic carbocycles. The fourth-order valence-corrected chi connectivity index (χ4v) is 0.559. The van der Waals surface area contributed by atoms with Crippen LogP contribution in [-0.2, 0) is 18.4 Å². The predicted molar refractivity (Wildman–Crippen MR) is 29.8 cm³/mol. The van der Waals surface area contributed by atoms with Gasteiger partial charge in [-0.3, -0.25) is 0 Å². The van der Waals surface area contributed by atoms with E-state index in [-0.39, 0.29) is 18.9 Å². The van der Waals surface area contributed by atoms with Crippen LogP contribution in [0.25, 0.3) is 0 Å². The Labute approximate surface area is 66.0 Å². The van der Waals surface area contributed by atoms with Gasteiger partial charge in [-0.05, 0) is 12.1 Å². The van der Waals surface area contributed by atoms with Crippen molar-refractivity contribution >= 4 is 12.6 Å². The molecule has 38 valence electrons. The Morgan fingerprint density at radius 1 is 1.62 bits per heavy atom. The van der Waals surface area contributed by atoms with Crippen molar-refractivity contribution in [3.05, 3.63) is 24.2 Å². The van der Waals surface area contributed by atoms with Crippen LogP contribution >= 0.6 is 0 Å². The molecule has 1 aromatic heterocycles. The molecule has 0 atom stereocenters. The van der Waals surface area contributed by atoms with Gasteiger partial charge < -0.3 is 17.0 Å². The summed E-state index contributed by atoms with van der Waals surface area (Å²) in [7, 11) is 0. The van der Waals surface area contributed by atoms with E-state index in [9.17, 15) is 0 Å². The maximum absolute atomic E-state index is 4.88. The molecule has 0 aliphatic heterocycles. The van der Waals surface area contributed by atoms with Gasteiger partial charge in [0.05, 0.1) is 12.0 Å². The van der Waals surface area contributed by atoms with Crippen LogP contribution < -0.4 is 18.9 Å². The topological polar surface area (TPSA) is 13.1 Å². The first kappa shape index (κ1) is 8.23. The molecular formula is C5H5LiOS. The van der Waals surface area contributed by atoms with E-state index in [1.165, 1.54) is 0 Å². The third-order valence-corrected chi connectivity index (χ3v) is 1.01. The molecule has 1 nitrogen and oxygen atoms in total. The Morgan fingerprint density at radius 2 is 2.38 bits per heavy atom. The largest absolute Gasteiger partial charge is 1.00 e. The molecule has 0 aliphatic rings. The number of rotatable bonds is 1. The van der Waals surface area contributed by atoms with Crippen LogP contribution in [0.2, 0.25) is 0 Å². The van der Waals surface area contributed by atoms with Crippen molar-refractivity contribution in [3.63, 3.8) is 0 Å². The van der Waals surface area contributed by atoms with Crippen LogP contribution in [0.5, 0.6) is 0 Å². The Bertz CT molecular complexity index is 127. The van der Waals surface area contributed by atoms with E-state index in [1.54, 1.807) is 6.26 Å². The van der Waals surface area contributed by atoms with Gasteiger partial charge in [0.2, 0.25) is 0 Å². The SMILES string of the molecule is [Li+].[S-]Cc1ccco1. The quantitative estimate of drug-likeness (QED) is 0.325. The van der Waals surface area contributed by atoms with E-state index in [0.717, 1.165) is 5.76 Å². The van der Waals surface area contributed by atoms with Crippen LogP contribution in [0, 0.1) is 0 Å². The minimum Gasteiger partial charge on any atom is -0.785 e. The van der Waals surface area contributed by atoms with Crippen molar-refractivity contribution in [2.45, 2.75) is 5.75 Å². The van der Waals surface area contributed by atoms with Crippen LogP contribution in [-0.4, -0.2) is 0 Å². The number of furan rings is 1. The molecular weight excluding hydrogens is 115 g/mol. The predicted octanol–water partition coefficient (Wildman–Crippen LogP) is -1.67. The van der Waals surface area contributed by atoms with Gasteiger partial charge in [0.1, 0.15) is 0 Å². The van der Waals surface area contributed by atoms with Gasteiger partial charge in [-0.15, -0.1) is 5.75 Å². The molecule has 0 fully saturated rings. The molecule has 0 aliphatic carbocycles. The molecule has 0 unspecified atom stereocenters. The van der Waals surface area contributed by atoms with Gasteiger partial charge in [-0.1, -0.05) is 0 Å². The molecule has 8 heavy (non-hydrogen) atoms. The van der Waals surface area contributed by atoms with Gasteiger partial charge in [-0.25, -0.2) is 0 Å². The van der Waals surface area contributed by atoms with Crippen molar-refractivity contribution in [1.82, 2.24) is 0 Å². The fourth-order valence-electron chi connectivity index (χ4n) is 0.395. The van der Waals surface area contributed by atoms with E-state index < -0.39 is 0 Å². The minimum absolute atomic E-state index is 0. The summed E-state index contributed by atoms with van der Waals surface area (Å²) >= 11 is 4.68. The van der Waals surface area contributed by atoms with Crippen molar-refractivity contribution in [3.8, 4) is 0 Å². The zero-order valence-electron chi connectivity index (χ0n) is 4.76. The summed E-state index contributed by atoms with van der Waals surface area (Å²) in [6.45, 7) is 0. The van der Waals surface area contributed by atoms with Gasteiger partial charge in [0.25, 0.3) is 0 Å². The van der Waals surface area contributed by atoms with Crippen molar-refractivity contribution in [2.75, 3.05) is 0 Å². The van der Waals surface area contributed by atoms with Gasteiger partial charge in [-0.2, -0.15) is 0 Å². The maximum atomic E-state index is 4.88. The van der Waals surface area contributed by atoms with E-state index in [0.29, 0.717) is 5.75 Å². The Kier molecular flexibility index (Phi) is 4.26. The summed E-state index contributed by atoms with van der Waals surface area (Å²) in [4.78, 5) is 0. The smallest absolute Gasteiger partial charge is 0.785 e. The van der Waals surface area contributed by atoms with Crippen molar-refractivity contribution in [2.24, 2.45) is 0 Å². The molecule has 0 saturated heterocycles. The van der Waals surface area contributed by atoms with Crippen LogP contribution in [0.15, 0.2) is 22.8 Å². The summed E-state index contributed by atoms with van der Waals surface area (Å²) in [6.07, 6.45) is 1.63. The second kappa shape index (κ2) is 4.14. The van der Waals surface area contributed by atoms with E-state index in [1.807, 2.05) is 12.1 Å². The first-order valence-electron chi connectivity index (χ1n) is 2.04. The molecule has 0 N–H and O–H groups in total. The molecule has 1 heterocycles. The molecule has 0 amide bonds. The standard InChI is InChI=1S/C5H6OS.Li/c7-4-5-2-1-3-6-5;/h1-3,7H,4H2;/q;+1/p-1. The third kappa shape index (κ3) is 2.00. The summed E-state index contributed by atoms with van der Waals surface area (Å²) < 4.78 is 4.88. The first-order chi connectivity index (χ1) is 3.43. The molecule has 3 heteroatoms. The summed E-state index contributed by atoms with van der Waals surface area (Å²) in [5.74, 6) is 1.45. The normalized spacial score (nSPS) is 8.12. The Hall–Kier alpha value is 0.227. The molecule has 0 spiro atoms. The van der Waals surface area contributed by atoms with E-state index >= 15 is 0 Å². The van der Waals surface area contributed by atoms with Crippen molar-refractivity contribution < 1.29 is 23.3 Å². The fraction of sp³-hybridized carbons (Fsp3) is 0.200. The minimum atomic E-state index is 0. The molecule has 0 bridgehead atoms. The molecule has 0 radical (unpaired) electrons. The average Bonchev–Trinajstić information content (AvgIpc) is 2.14. The molecule has 1 rings (SSSR count). The molecule has 0 saturated carbocycles. The van der Waals surface area contributed by atoms with Gasteiger partial charge in [0, 0.05) is 0 Å².